The highest BCUT2D eigenvalue weighted by Gasteiger charge is 2.23. The van der Waals surface area contributed by atoms with E-state index in [2.05, 4.69) is 10.3 Å². The van der Waals surface area contributed by atoms with Crippen molar-refractivity contribution in [3.8, 4) is 11.5 Å². The van der Waals surface area contributed by atoms with Gasteiger partial charge in [0.1, 0.15) is 6.54 Å². The van der Waals surface area contributed by atoms with Gasteiger partial charge < -0.3 is 24.6 Å². The Labute approximate surface area is 161 Å². The molecule has 1 aliphatic rings. The SMILES string of the molecule is Cc1csc(NC(=O)CN(CC[NH+](C)C)C(=O)c2ccc3c(c2)OCO3)n1. The van der Waals surface area contributed by atoms with Crippen molar-refractivity contribution in [2.45, 2.75) is 6.92 Å². The van der Waals surface area contributed by atoms with E-state index >= 15 is 0 Å². The van der Waals surface area contributed by atoms with Crippen LogP contribution in [0.5, 0.6) is 11.5 Å². The Morgan fingerprint density at radius 2 is 2.07 bits per heavy atom. The predicted molar refractivity (Wildman–Crippen MR) is 102 cm³/mol. The Balaban J connectivity index is 1.71. The van der Waals surface area contributed by atoms with Gasteiger partial charge in [-0.05, 0) is 25.1 Å². The molecule has 0 aliphatic carbocycles. The van der Waals surface area contributed by atoms with E-state index < -0.39 is 0 Å². The van der Waals surface area contributed by atoms with Crippen LogP contribution in [0.25, 0.3) is 0 Å². The summed E-state index contributed by atoms with van der Waals surface area (Å²) in [4.78, 5) is 32.3. The number of aromatic nitrogens is 1. The summed E-state index contributed by atoms with van der Waals surface area (Å²) in [5, 5.41) is 5.15. The first kappa shape index (κ1) is 19.1. The lowest BCUT2D eigenvalue weighted by atomic mass is 10.1. The highest BCUT2D eigenvalue weighted by atomic mass is 32.1. The number of fused-ring (bicyclic) bond motifs is 1. The molecule has 0 bridgehead atoms. The molecule has 0 saturated heterocycles. The van der Waals surface area contributed by atoms with Gasteiger partial charge in [-0.1, -0.05) is 0 Å². The molecular weight excluding hydrogens is 368 g/mol. The van der Waals surface area contributed by atoms with E-state index in [-0.39, 0.29) is 25.2 Å². The van der Waals surface area contributed by atoms with Gasteiger partial charge in [-0.25, -0.2) is 4.98 Å². The topological polar surface area (TPSA) is 85.2 Å². The molecule has 27 heavy (non-hydrogen) atoms. The number of carbonyl (C=O) groups is 2. The standard InChI is InChI=1S/C18H22N4O4S/c1-12-10-27-18(19-12)20-16(23)9-22(7-6-21(2)3)17(24)13-4-5-14-15(8-13)26-11-25-14/h4-5,8,10H,6-7,9,11H2,1-3H3,(H,19,20,23)/p+1. The Kier molecular flexibility index (Phi) is 5.92. The fraction of sp³-hybridized carbons (Fsp3) is 0.389. The summed E-state index contributed by atoms with van der Waals surface area (Å²) in [6, 6.07) is 5.05. The van der Waals surface area contributed by atoms with Gasteiger partial charge in [0.2, 0.25) is 12.7 Å². The maximum absolute atomic E-state index is 13.0. The zero-order valence-electron chi connectivity index (χ0n) is 15.6. The first-order chi connectivity index (χ1) is 12.9. The summed E-state index contributed by atoms with van der Waals surface area (Å²) in [5.74, 6) is 0.668. The van der Waals surface area contributed by atoms with Gasteiger partial charge in [-0.2, -0.15) is 0 Å². The van der Waals surface area contributed by atoms with E-state index in [1.807, 2.05) is 26.4 Å². The first-order valence-electron chi connectivity index (χ1n) is 8.62. The van der Waals surface area contributed by atoms with Gasteiger partial charge in [-0.3, -0.25) is 9.59 Å². The number of amides is 2. The van der Waals surface area contributed by atoms with Gasteiger partial charge in [0, 0.05) is 10.9 Å². The molecule has 1 aromatic heterocycles. The lowest BCUT2D eigenvalue weighted by molar-refractivity contribution is -0.857. The van der Waals surface area contributed by atoms with Crippen molar-refractivity contribution in [2.24, 2.45) is 0 Å². The smallest absolute Gasteiger partial charge is 0.254 e. The van der Waals surface area contributed by atoms with Crippen LogP contribution in [0.15, 0.2) is 23.6 Å². The molecule has 8 nitrogen and oxygen atoms in total. The van der Waals surface area contributed by atoms with Crippen LogP contribution in [0.3, 0.4) is 0 Å². The number of aryl methyl sites for hydroxylation is 1. The van der Waals surface area contributed by atoms with Crippen LogP contribution in [0, 0.1) is 6.92 Å². The summed E-state index contributed by atoms with van der Waals surface area (Å²) >= 11 is 1.36. The third-order valence-corrected chi connectivity index (χ3v) is 4.86. The average molecular weight is 391 g/mol. The Morgan fingerprint density at radius 3 is 2.78 bits per heavy atom. The number of likely N-dealkylation sites (N-methyl/N-ethyl adjacent to an activating group) is 1. The molecule has 0 fully saturated rings. The molecule has 0 atom stereocenters. The van der Waals surface area contributed by atoms with Crippen molar-refractivity contribution in [1.82, 2.24) is 9.88 Å². The monoisotopic (exact) mass is 391 g/mol. The number of benzene rings is 1. The average Bonchev–Trinajstić information content (AvgIpc) is 3.25. The number of hydrogen-bond acceptors (Lipinski definition) is 6. The summed E-state index contributed by atoms with van der Waals surface area (Å²) in [5.41, 5.74) is 1.31. The van der Waals surface area contributed by atoms with Crippen molar-refractivity contribution < 1.29 is 24.0 Å². The Hall–Kier alpha value is -2.65. The molecule has 0 unspecified atom stereocenters. The summed E-state index contributed by atoms with van der Waals surface area (Å²) in [6.45, 7) is 3.15. The predicted octanol–water partition coefficient (Wildman–Crippen LogP) is 0.406. The molecule has 2 N–H and O–H groups in total. The number of nitrogens with zero attached hydrogens (tertiary/aromatic N) is 2. The summed E-state index contributed by atoms with van der Waals surface area (Å²) in [6.07, 6.45) is 0. The molecule has 3 rings (SSSR count). The van der Waals surface area contributed by atoms with Crippen LogP contribution < -0.4 is 19.7 Å². The van der Waals surface area contributed by atoms with E-state index in [9.17, 15) is 9.59 Å². The van der Waals surface area contributed by atoms with Gasteiger partial charge >= 0.3 is 0 Å². The molecule has 0 radical (unpaired) electrons. The van der Waals surface area contributed by atoms with E-state index in [1.165, 1.54) is 16.2 Å². The van der Waals surface area contributed by atoms with Crippen molar-refractivity contribution in [2.75, 3.05) is 45.8 Å². The van der Waals surface area contributed by atoms with Crippen LogP contribution >= 0.6 is 11.3 Å². The quantitative estimate of drug-likeness (QED) is 0.714. The molecule has 2 amide bonds. The molecular formula is C18H23N4O4S+. The van der Waals surface area contributed by atoms with Crippen molar-refractivity contribution >= 4 is 28.3 Å². The van der Waals surface area contributed by atoms with Crippen LogP contribution in [0.4, 0.5) is 5.13 Å². The van der Waals surface area contributed by atoms with Crippen LogP contribution in [0.2, 0.25) is 0 Å². The van der Waals surface area contributed by atoms with E-state index in [4.69, 9.17) is 9.47 Å². The highest BCUT2D eigenvalue weighted by Crippen LogP contribution is 2.32. The van der Waals surface area contributed by atoms with Crippen molar-refractivity contribution in [3.05, 3.63) is 34.8 Å². The molecule has 144 valence electrons. The lowest BCUT2D eigenvalue weighted by Crippen LogP contribution is -3.06. The number of carbonyl (C=O) groups excluding carboxylic acids is 2. The van der Waals surface area contributed by atoms with Crippen LogP contribution in [-0.2, 0) is 4.79 Å². The number of nitrogens with one attached hydrogen (secondary N) is 2. The molecule has 2 aromatic rings. The fourth-order valence-electron chi connectivity index (χ4n) is 2.57. The Bertz CT molecular complexity index is 837. The normalized spacial score (nSPS) is 12.3. The second-order valence-electron chi connectivity index (χ2n) is 6.59. The maximum Gasteiger partial charge on any atom is 0.254 e. The second-order valence-corrected chi connectivity index (χ2v) is 7.45. The molecule has 1 aromatic carbocycles. The second kappa shape index (κ2) is 8.36. The van der Waals surface area contributed by atoms with Crippen LogP contribution in [-0.4, -0.2) is 62.2 Å². The van der Waals surface area contributed by atoms with Gasteiger partial charge in [0.05, 0.1) is 32.9 Å². The van der Waals surface area contributed by atoms with Gasteiger partial charge in [0.25, 0.3) is 5.91 Å². The molecule has 9 heteroatoms. The number of hydrogen-bond donors (Lipinski definition) is 2. The Morgan fingerprint density at radius 1 is 1.30 bits per heavy atom. The number of quaternary nitrogens is 1. The van der Waals surface area contributed by atoms with E-state index in [0.29, 0.717) is 28.7 Å². The largest absolute Gasteiger partial charge is 0.454 e. The van der Waals surface area contributed by atoms with Gasteiger partial charge in [0.15, 0.2) is 16.6 Å². The zero-order valence-corrected chi connectivity index (χ0v) is 16.4. The first-order valence-corrected chi connectivity index (χ1v) is 9.50. The third kappa shape index (κ3) is 4.95. The minimum atomic E-state index is -0.271. The van der Waals surface area contributed by atoms with Crippen molar-refractivity contribution in [1.29, 1.82) is 0 Å². The molecule has 1 aliphatic heterocycles. The number of anilines is 1. The zero-order chi connectivity index (χ0) is 19.4. The number of ether oxygens (including phenoxy) is 2. The summed E-state index contributed by atoms with van der Waals surface area (Å²) < 4.78 is 10.6. The minimum absolute atomic E-state index is 0.0425. The summed E-state index contributed by atoms with van der Waals surface area (Å²) in [7, 11) is 4.00. The highest BCUT2D eigenvalue weighted by molar-refractivity contribution is 7.13. The maximum atomic E-state index is 13.0. The molecule has 0 spiro atoms. The van der Waals surface area contributed by atoms with Crippen LogP contribution in [0.1, 0.15) is 16.1 Å². The van der Waals surface area contributed by atoms with Crippen molar-refractivity contribution in [3.63, 3.8) is 0 Å². The third-order valence-electron chi connectivity index (χ3n) is 3.99. The lowest BCUT2D eigenvalue weighted by Gasteiger charge is -2.22. The minimum Gasteiger partial charge on any atom is -0.454 e. The molecule has 2 heterocycles. The molecule has 0 saturated carbocycles. The fourth-order valence-corrected chi connectivity index (χ4v) is 3.27. The number of rotatable bonds is 7. The van der Waals surface area contributed by atoms with E-state index in [0.717, 1.165) is 12.2 Å². The van der Waals surface area contributed by atoms with Gasteiger partial charge in [-0.15, -0.1) is 11.3 Å². The van der Waals surface area contributed by atoms with E-state index in [1.54, 1.807) is 23.1 Å². The number of thiazole rings is 1.